The van der Waals surface area contributed by atoms with Gasteiger partial charge in [-0.2, -0.15) is 0 Å². The normalized spacial score (nSPS) is 12.0. The fraction of sp³-hybridized carbons (Fsp3) is 0.294. The van der Waals surface area contributed by atoms with Gasteiger partial charge in [-0.1, -0.05) is 6.07 Å². The summed E-state index contributed by atoms with van der Waals surface area (Å²) in [4.78, 5) is 16.4. The first-order valence-corrected chi connectivity index (χ1v) is 8.93. The number of amides is 1. The number of benzene rings is 1. The summed E-state index contributed by atoms with van der Waals surface area (Å²) in [5.41, 5.74) is 0.771. The summed E-state index contributed by atoms with van der Waals surface area (Å²) in [5, 5.41) is 2.67. The number of aromatic nitrogens is 1. The molecule has 1 heterocycles. The van der Waals surface area contributed by atoms with Crippen LogP contribution in [0.3, 0.4) is 0 Å². The van der Waals surface area contributed by atoms with E-state index in [1.165, 1.54) is 24.3 Å². The van der Waals surface area contributed by atoms with E-state index in [1.54, 1.807) is 33.0 Å². The minimum Gasteiger partial charge on any atom is -0.307 e. The van der Waals surface area contributed by atoms with Crippen molar-refractivity contribution < 1.29 is 13.2 Å². The third-order valence-corrected chi connectivity index (χ3v) is 4.79. The number of aryl methyl sites for hydroxylation is 1. The number of carbonyl (C=O) groups excluding carboxylic acids is 1. The molecule has 0 aliphatic carbocycles. The number of anilines is 1. The highest BCUT2D eigenvalue weighted by molar-refractivity contribution is 7.89. The van der Waals surface area contributed by atoms with E-state index >= 15 is 0 Å². The van der Waals surface area contributed by atoms with E-state index in [1.807, 2.05) is 13.0 Å². The van der Waals surface area contributed by atoms with E-state index in [9.17, 15) is 13.2 Å². The first-order chi connectivity index (χ1) is 11.1. The molecule has 1 aromatic carbocycles. The molecule has 128 valence electrons. The second-order valence-electron chi connectivity index (χ2n) is 6.55. The predicted molar refractivity (Wildman–Crippen MR) is 93.4 cm³/mol. The molecule has 0 saturated carbocycles. The molecule has 2 aromatic rings. The predicted octanol–water partition coefficient (Wildman–Crippen LogP) is 2.72. The van der Waals surface area contributed by atoms with Crippen molar-refractivity contribution in [2.24, 2.45) is 0 Å². The average Bonchev–Trinajstić information content (AvgIpc) is 2.47. The van der Waals surface area contributed by atoms with E-state index in [-0.39, 0.29) is 10.8 Å². The first-order valence-electron chi connectivity index (χ1n) is 7.45. The molecule has 2 N–H and O–H groups in total. The van der Waals surface area contributed by atoms with Gasteiger partial charge in [0.05, 0.1) is 4.90 Å². The molecule has 24 heavy (non-hydrogen) atoms. The monoisotopic (exact) mass is 347 g/mol. The number of hydrogen-bond donors (Lipinski definition) is 2. The lowest BCUT2D eigenvalue weighted by Crippen LogP contribution is -2.40. The van der Waals surface area contributed by atoms with Gasteiger partial charge in [-0.25, -0.2) is 18.1 Å². The van der Waals surface area contributed by atoms with Crippen LogP contribution in [0, 0.1) is 6.92 Å². The summed E-state index contributed by atoms with van der Waals surface area (Å²) in [6, 6.07) is 9.31. The van der Waals surface area contributed by atoms with Gasteiger partial charge in [0, 0.05) is 17.3 Å². The lowest BCUT2D eigenvalue weighted by molar-refractivity contribution is 0.102. The molecule has 7 heteroatoms. The Hall–Kier alpha value is -2.25. The Labute approximate surface area is 142 Å². The number of nitrogens with one attached hydrogen (secondary N) is 2. The van der Waals surface area contributed by atoms with E-state index in [2.05, 4.69) is 15.0 Å². The lowest BCUT2D eigenvalue weighted by atomic mass is 10.1. The van der Waals surface area contributed by atoms with Gasteiger partial charge in [0.25, 0.3) is 5.91 Å². The van der Waals surface area contributed by atoms with Crippen molar-refractivity contribution in [3.05, 3.63) is 53.7 Å². The van der Waals surface area contributed by atoms with Gasteiger partial charge in [0.1, 0.15) is 5.82 Å². The highest BCUT2D eigenvalue weighted by Gasteiger charge is 2.22. The third-order valence-electron chi connectivity index (χ3n) is 3.02. The molecule has 0 fully saturated rings. The maximum Gasteiger partial charge on any atom is 0.256 e. The van der Waals surface area contributed by atoms with Gasteiger partial charge in [-0.3, -0.25) is 4.79 Å². The largest absolute Gasteiger partial charge is 0.307 e. The highest BCUT2D eigenvalue weighted by atomic mass is 32.2. The van der Waals surface area contributed by atoms with Gasteiger partial charge in [0.2, 0.25) is 10.0 Å². The Morgan fingerprint density at radius 2 is 1.67 bits per heavy atom. The fourth-order valence-electron chi connectivity index (χ4n) is 1.98. The smallest absolute Gasteiger partial charge is 0.256 e. The maximum absolute atomic E-state index is 12.2. The zero-order valence-electron chi connectivity index (χ0n) is 14.1. The van der Waals surface area contributed by atoms with E-state index in [0.717, 1.165) is 5.56 Å². The van der Waals surface area contributed by atoms with Crippen LogP contribution < -0.4 is 10.0 Å². The summed E-state index contributed by atoms with van der Waals surface area (Å²) in [7, 11) is -3.62. The van der Waals surface area contributed by atoms with Crippen LogP contribution in [-0.4, -0.2) is 24.8 Å². The molecule has 0 bridgehead atoms. The van der Waals surface area contributed by atoms with Crippen LogP contribution in [0.2, 0.25) is 0 Å². The molecule has 0 atom stereocenters. The Morgan fingerprint density at radius 3 is 2.17 bits per heavy atom. The molecule has 0 aliphatic heterocycles. The summed E-state index contributed by atoms with van der Waals surface area (Å²) in [6.07, 6.45) is 1.66. The van der Waals surface area contributed by atoms with Crippen LogP contribution >= 0.6 is 0 Å². The first kappa shape index (κ1) is 18.1. The summed E-state index contributed by atoms with van der Waals surface area (Å²) < 4.78 is 27.0. The number of nitrogens with zero attached hydrogens (tertiary/aromatic N) is 1. The van der Waals surface area contributed by atoms with E-state index < -0.39 is 15.6 Å². The van der Waals surface area contributed by atoms with Crippen molar-refractivity contribution in [2.75, 3.05) is 5.32 Å². The quantitative estimate of drug-likeness (QED) is 0.890. The molecule has 1 amide bonds. The van der Waals surface area contributed by atoms with Gasteiger partial charge < -0.3 is 5.32 Å². The minimum absolute atomic E-state index is 0.113. The molecule has 0 spiro atoms. The minimum atomic E-state index is -3.62. The molecule has 1 aromatic heterocycles. The van der Waals surface area contributed by atoms with Crippen LogP contribution in [0.25, 0.3) is 0 Å². The molecule has 0 radical (unpaired) electrons. The highest BCUT2D eigenvalue weighted by Crippen LogP contribution is 2.15. The number of sulfonamides is 1. The number of rotatable bonds is 4. The number of carbonyl (C=O) groups is 1. The van der Waals surface area contributed by atoms with Crippen LogP contribution in [0.15, 0.2) is 47.5 Å². The summed E-state index contributed by atoms with van der Waals surface area (Å²) in [6.45, 7) is 7.20. The van der Waals surface area contributed by atoms with Crippen LogP contribution in [0.1, 0.15) is 36.7 Å². The van der Waals surface area contributed by atoms with Crippen molar-refractivity contribution in [2.45, 2.75) is 38.1 Å². The van der Waals surface area contributed by atoms with Crippen molar-refractivity contribution >= 4 is 21.7 Å². The van der Waals surface area contributed by atoms with Crippen LogP contribution in [-0.2, 0) is 10.0 Å². The van der Waals surface area contributed by atoms with Gasteiger partial charge in [-0.15, -0.1) is 0 Å². The second kappa shape index (κ2) is 6.70. The Bertz CT molecular complexity index is 821. The zero-order valence-corrected chi connectivity index (χ0v) is 14.9. The molecule has 0 saturated heterocycles. The SMILES string of the molecule is Cc1ccc(NC(=O)c2ccc(S(=O)(=O)NC(C)(C)C)cc2)nc1. The summed E-state index contributed by atoms with van der Waals surface area (Å²) in [5.74, 6) is 0.0933. The molecule has 6 nitrogen and oxygen atoms in total. The van der Waals surface area contributed by atoms with Gasteiger partial charge >= 0.3 is 0 Å². The average molecular weight is 347 g/mol. The fourth-order valence-corrected chi connectivity index (χ4v) is 3.40. The van der Waals surface area contributed by atoms with Gasteiger partial charge in [-0.05, 0) is 63.6 Å². The van der Waals surface area contributed by atoms with E-state index in [4.69, 9.17) is 0 Å². The Morgan fingerprint density at radius 1 is 1.04 bits per heavy atom. The number of pyridine rings is 1. The van der Waals surface area contributed by atoms with Crippen LogP contribution in [0.4, 0.5) is 5.82 Å². The second-order valence-corrected chi connectivity index (χ2v) is 8.24. The van der Waals surface area contributed by atoms with Gasteiger partial charge in [0.15, 0.2) is 0 Å². The van der Waals surface area contributed by atoms with Crippen molar-refractivity contribution in [3.8, 4) is 0 Å². The van der Waals surface area contributed by atoms with Crippen molar-refractivity contribution in [3.63, 3.8) is 0 Å². The Kier molecular flexibility index (Phi) is 5.05. The molecule has 2 rings (SSSR count). The molecular formula is C17H21N3O3S. The van der Waals surface area contributed by atoms with E-state index in [0.29, 0.717) is 11.4 Å². The number of hydrogen-bond acceptors (Lipinski definition) is 4. The molecule has 0 unspecified atom stereocenters. The van der Waals surface area contributed by atoms with Crippen molar-refractivity contribution in [1.29, 1.82) is 0 Å². The zero-order chi connectivity index (χ0) is 18.0. The standard InChI is InChI=1S/C17H21N3O3S/c1-12-5-10-15(18-11-12)19-16(21)13-6-8-14(9-7-13)24(22,23)20-17(2,3)4/h5-11,20H,1-4H3,(H,18,19,21). The molecule has 0 aliphatic rings. The Balaban J connectivity index is 2.14. The lowest BCUT2D eigenvalue weighted by Gasteiger charge is -2.20. The van der Waals surface area contributed by atoms with Crippen LogP contribution in [0.5, 0.6) is 0 Å². The summed E-state index contributed by atoms with van der Waals surface area (Å²) >= 11 is 0. The topological polar surface area (TPSA) is 88.2 Å². The third kappa shape index (κ3) is 4.87. The maximum atomic E-state index is 12.2. The van der Waals surface area contributed by atoms with Crippen molar-refractivity contribution in [1.82, 2.24) is 9.71 Å². The molecular weight excluding hydrogens is 326 g/mol.